The third kappa shape index (κ3) is 3.55. The van der Waals surface area contributed by atoms with Gasteiger partial charge in [-0.2, -0.15) is 0 Å². The van der Waals surface area contributed by atoms with Crippen molar-refractivity contribution >= 4 is 11.8 Å². The second-order valence-electron chi connectivity index (χ2n) is 4.51. The monoisotopic (exact) mass is 278 g/mol. The van der Waals surface area contributed by atoms with Crippen molar-refractivity contribution in [3.05, 3.63) is 35.9 Å². The van der Waals surface area contributed by atoms with Crippen molar-refractivity contribution in [1.82, 2.24) is 10.2 Å². The number of aliphatic hydroxyl groups is 1. The second-order valence-corrected chi connectivity index (χ2v) is 4.51. The lowest BCUT2D eigenvalue weighted by Crippen LogP contribution is -2.53. The molecule has 6 heteroatoms. The van der Waals surface area contributed by atoms with E-state index in [0.717, 1.165) is 0 Å². The Balaban J connectivity index is 1.97. The van der Waals surface area contributed by atoms with Crippen LogP contribution in [-0.2, 0) is 9.53 Å². The summed E-state index contributed by atoms with van der Waals surface area (Å²) in [5.41, 5.74) is 0.459. The predicted octanol–water partition coefficient (Wildman–Crippen LogP) is -0.364. The fraction of sp³-hybridized carbons (Fsp3) is 0.429. The first-order valence-electron chi connectivity index (χ1n) is 6.55. The minimum atomic E-state index is -0.916. The molecule has 0 radical (unpaired) electrons. The van der Waals surface area contributed by atoms with Crippen molar-refractivity contribution in [3.8, 4) is 0 Å². The number of carbonyl (C=O) groups excluding carboxylic acids is 2. The Hall–Kier alpha value is -1.92. The number of nitrogens with zero attached hydrogens (tertiary/aromatic N) is 1. The summed E-state index contributed by atoms with van der Waals surface area (Å²) < 4.78 is 5.17. The number of hydrogen-bond donors (Lipinski definition) is 2. The molecular formula is C14H18N2O4. The lowest BCUT2D eigenvalue weighted by Gasteiger charge is -2.30. The fourth-order valence-corrected chi connectivity index (χ4v) is 2.02. The number of rotatable bonds is 4. The van der Waals surface area contributed by atoms with Crippen LogP contribution in [0.2, 0.25) is 0 Å². The van der Waals surface area contributed by atoms with Gasteiger partial charge in [-0.15, -0.1) is 0 Å². The van der Waals surface area contributed by atoms with E-state index in [1.807, 2.05) is 0 Å². The SMILES string of the molecule is O=C(N[C@@H](CO)C(=O)N1CCOCC1)c1ccccc1. The van der Waals surface area contributed by atoms with Gasteiger partial charge in [0.2, 0.25) is 5.91 Å². The second kappa shape index (κ2) is 7.02. The van der Waals surface area contributed by atoms with Gasteiger partial charge in [-0.05, 0) is 12.1 Å². The largest absolute Gasteiger partial charge is 0.394 e. The van der Waals surface area contributed by atoms with Gasteiger partial charge in [0, 0.05) is 18.7 Å². The van der Waals surface area contributed by atoms with Crippen LogP contribution in [0, 0.1) is 0 Å². The Morgan fingerprint density at radius 2 is 1.90 bits per heavy atom. The van der Waals surface area contributed by atoms with Crippen LogP contribution in [0.5, 0.6) is 0 Å². The molecule has 1 saturated heterocycles. The molecule has 1 aromatic carbocycles. The highest BCUT2D eigenvalue weighted by molar-refractivity contribution is 5.97. The van der Waals surface area contributed by atoms with Crippen LogP contribution in [0.3, 0.4) is 0 Å². The van der Waals surface area contributed by atoms with Crippen molar-refractivity contribution in [2.45, 2.75) is 6.04 Å². The van der Waals surface area contributed by atoms with Gasteiger partial charge in [0.25, 0.3) is 5.91 Å². The van der Waals surface area contributed by atoms with Gasteiger partial charge >= 0.3 is 0 Å². The molecule has 0 unspecified atom stereocenters. The topological polar surface area (TPSA) is 78.9 Å². The zero-order chi connectivity index (χ0) is 14.4. The van der Waals surface area contributed by atoms with E-state index >= 15 is 0 Å². The van der Waals surface area contributed by atoms with Crippen LogP contribution in [-0.4, -0.2) is 60.8 Å². The lowest BCUT2D eigenvalue weighted by atomic mass is 10.2. The van der Waals surface area contributed by atoms with Crippen LogP contribution in [0.1, 0.15) is 10.4 Å². The van der Waals surface area contributed by atoms with E-state index in [0.29, 0.717) is 31.9 Å². The molecular weight excluding hydrogens is 260 g/mol. The molecule has 1 aliphatic heterocycles. The Kier molecular flexibility index (Phi) is 5.09. The van der Waals surface area contributed by atoms with Gasteiger partial charge in [0.15, 0.2) is 0 Å². The lowest BCUT2D eigenvalue weighted by molar-refractivity contribution is -0.138. The van der Waals surface area contributed by atoms with E-state index < -0.39 is 12.6 Å². The molecule has 1 fully saturated rings. The molecule has 2 rings (SSSR count). The Labute approximate surface area is 117 Å². The first kappa shape index (κ1) is 14.5. The average molecular weight is 278 g/mol. The smallest absolute Gasteiger partial charge is 0.251 e. The highest BCUT2D eigenvalue weighted by Gasteiger charge is 2.26. The molecule has 1 heterocycles. The fourth-order valence-electron chi connectivity index (χ4n) is 2.02. The third-order valence-corrected chi connectivity index (χ3v) is 3.14. The summed E-state index contributed by atoms with van der Waals surface area (Å²) in [5.74, 6) is -0.647. The summed E-state index contributed by atoms with van der Waals surface area (Å²) in [5, 5.41) is 11.9. The van der Waals surface area contributed by atoms with Gasteiger partial charge < -0.3 is 20.1 Å². The highest BCUT2D eigenvalue weighted by atomic mass is 16.5. The van der Waals surface area contributed by atoms with Gasteiger partial charge in [-0.25, -0.2) is 0 Å². The number of ether oxygens (including phenoxy) is 1. The Morgan fingerprint density at radius 3 is 2.50 bits per heavy atom. The molecule has 0 aromatic heterocycles. The molecule has 108 valence electrons. The van der Waals surface area contributed by atoms with Gasteiger partial charge in [-0.3, -0.25) is 9.59 Å². The quantitative estimate of drug-likeness (QED) is 0.788. The molecule has 2 N–H and O–H groups in total. The van der Waals surface area contributed by atoms with Crippen LogP contribution in [0.15, 0.2) is 30.3 Å². The van der Waals surface area contributed by atoms with Gasteiger partial charge in [-0.1, -0.05) is 18.2 Å². The van der Waals surface area contributed by atoms with Crippen LogP contribution in [0.4, 0.5) is 0 Å². The predicted molar refractivity (Wildman–Crippen MR) is 72.2 cm³/mol. The third-order valence-electron chi connectivity index (χ3n) is 3.14. The van der Waals surface area contributed by atoms with Crippen molar-refractivity contribution in [3.63, 3.8) is 0 Å². The first-order valence-corrected chi connectivity index (χ1v) is 6.55. The first-order chi connectivity index (χ1) is 9.72. The molecule has 0 aliphatic carbocycles. The highest BCUT2D eigenvalue weighted by Crippen LogP contribution is 2.03. The summed E-state index contributed by atoms with van der Waals surface area (Å²) in [7, 11) is 0. The number of morpholine rings is 1. The van der Waals surface area contributed by atoms with Gasteiger partial charge in [0.05, 0.1) is 19.8 Å². The van der Waals surface area contributed by atoms with Crippen LogP contribution in [0.25, 0.3) is 0 Å². The summed E-state index contributed by atoms with van der Waals surface area (Å²) in [6.45, 7) is 1.51. The number of benzene rings is 1. The number of carbonyl (C=O) groups is 2. The van der Waals surface area contributed by atoms with E-state index in [4.69, 9.17) is 4.74 Å². The average Bonchev–Trinajstić information content (AvgIpc) is 2.53. The number of nitrogens with one attached hydrogen (secondary N) is 1. The normalized spacial score (nSPS) is 16.6. The molecule has 0 spiro atoms. The maximum atomic E-state index is 12.2. The van der Waals surface area contributed by atoms with Gasteiger partial charge in [0.1, 0.15) is 6.04 Å². The summed E-state index contributed by atoms with van der Waals surface area (Å²) in [6.07, 6.45) is 0. The number of amides is 2. The zero-order valence-electron chi connectivity index (χ0n) is 11.1. The van der Waals surface area contributed by atoms with E-state index in [2.05, 4.69) is 5.32 Å². The van der Waals surface area contributed by atoms with E-state index in [-0.39, 0.29) is 11.8 Å². The van der Waals surface area contributed by atoms with E-state index in [1.165, 1.54) is 0 Å². The van der Waals surface area contributed by atoms with Crippen LogP contribution >= 0.6 is 0 Å². The van der Waals surface area contributed by atoms with Crippen LogP contribution < -0.4 is 5.32 Å². The minimum absolute atomic E-state index is 0.278. The maximum Gasteiger partial charge on any atom is 0.251 e. The standard InChI is InChI=1S/C14H18N2O4/c17-10-12(14(19)16-6-8-20-9-7-16)15-13(18)11-4-2-1-3-5-11/h1-5,12,17H,6-10H2,(H,15,18)/t12-/m0/s1. The van der Waals surface area contributed by atoms with E-state index in [9.17, 15) is 14.7 Å². The molecule has 1 aliphatic rings. The minimum Gasteiger partial charge on any atom is -0.394 e. The molecule has 6 nitrogen and oxygen atoms in total. The van der Waals surface area contributed by atoms with Crippen molar-refractivity contribution < 1.29 is 19.4 Å². The summed E-state index contributed by atoms with van der Waals surface area (Å²) >= 11 is 0. The summed E-state index contributed by atoms with van der Waals surface area (Å²) in [6, 6.07) is 7.69. The Morgan fingerprint density at radius 1 is 1.25 bits per heavy atom. The molecule has 20 heavy (non-hydrogen) atoms. The zero-order valence-corrected chi connectivity index (χ0v) is 11.1. The maximum absolute atomic E-state index is 12.2. The van der Waals surface area contributed by atoms with Crippen molar-refractivity contribution in [2.24, 2.45) is 0 Å². The number of aliphatic hydroxyl groups excluding tert-OH is 1. The molecule has 0 bridgehead atoms. The molecule has 0 saturated carbocycles. The van der Waals surface area contributed by atoms with Crippen molar-refractivity contribution in [2.75, 3.05) is 32.9 Å². The molecule has 2 amide bonds. The van der Waals surface area contributed by atoms with Crippen molar-refractivity contribution in [1.29, 1.82) is 0 Å². The molecule has 1 aromatic rings. The van der Waals surface area contributed by atoms with E-state index in [1.54, 1.807) is 35.2 Å². The summed E-state index contributed by atoms with van der Waals surface area (Å²) in [4.78, 5) is 25.8. The molecule has 1 atom stereocenters. The Bertz CT molecular complexity index is 458. The number of hydrogen-bond acceptors (Lipinski definition) is 4.